The van der Waals surface area contributed by atoms with Crippen LogP contribution in [-0.2, 0) is 25.3 Å². The number of carboxylic acid groups (broad SMARTS) is 1. The van der Waals surface area contributed by atoms with Gasteiger partial charge < -0.3 is 9.84 Å². The maximum Gasteiger partial charge on any atom is 0.319 e. The van der Waals surface area contributed by atoms with E-state index in [0.717, 1.165) is 5.56 Å². The van der Waals surface area contributed by atoms with Crippen LogP contribution in [0.3, 0.4) is 0 Å². The van der Waals surface area contributed by atoms with Gasteiger partial charge in [0.2, 0.25) is 7.44 Å². The summed E-state index contributed by atoms with van der Waals surface area (Å²) in [4.78, 5) is 24.3. The average molecular weight is 432 g/mol. The fourth-order valence-corrected chi connectivity index (χ4v) is 4.77. The van der Waals surface area contributed by atoms with E-state index in [2.05, 4.69) is 5.09 Å². The summed E-state index contributed by atoms with van der Waals surface area (Å²) in [6.45, 7) is 5.16. The van der Waals surface area contributed by atoms with Crippen molar-refractivity contribution in [1.82, 2.24) is 5.09 Å². The second-order valence-electron chi connectivity index (χ2n) is 8.14. The van der Waals surface area contributed by atoms with Gasteiger partial charge in [0, 0.05) is 6.04 Å². The molecule has 2 rings (SSSR count). The molecule has 2 aromatic carbocycles. The Morgan fingerprint density at radius 3 is 2.10 bits per heavy atom. The smallest absolute Gasteiger partial charge is 0.319 e. The summed E-state index contributed by atoms with van der Waals surface area (Å²) in [6.07, 6.45) is -0.233. The van der Waals surface area contributed by atoms with Crippen molar-refractivity contribution < 1.29 is 24.0 Å². The highest BCUT2D eigenvalue weighted by molar-refractivity contribution is 7.61. The van der Waals surface area contributed by atoms with Gasteiger partial charge in [0.1, 0.15) is 11.3 Å². The third kappa shape index (κ3) is 7.41. The predicted molar refractivity (Wildman–Crippen MR) is 116 cm³/mol. The number of hydrogen-bond donors (Lipinski definition) is 3. The number of nitrogens with one attached hydrogen (secondary N) is 1. The molecule has 0 radical (unpaired) electrons. The molecule has 0 amide bonds. The van der Waals surface area contributed by atoms with Crippen molar-refractivity contribution in [2.45, 2.75) is 50.9 Å². The van der Waals surface area contributed by atoms with E-state index < -0.39 is 36.7 Å². The summed E-state index contributed by atoms with van der Waals surface area (Å²) in [5, 5.41) is 12.1. The van der Waals surface area contributed by atoms with E-state index in [1.807, 2.05) is 30.3 Å². The van der Waals surface area contributed by atoms with Gasteiger partial charge in [-0.2, -0.15) is 0 Å². The SMILES string of the molecule is CC(C)(C)OC(=O)[C@H](Cc1ccccc1)P(N)(=O)NC(CC(=O)O)c1ccccc1. The second-order valence-corrected chi connectivity index (χ2v) is 10.4. The third-order valence-electron chi connectivity index (χ3n) is 4.35. The quantitative estimate of drug-likeness (QED) is 0.406. The van der Waals surface area contributed by atoms with E-state index in [4.69, 9.17) is 10.2 Å². The lowest BCUT2D eigenvalue weighted by Gasteiger charge is -2.30. The van der Waals surface area contributed by atoms with Gasteiger partial charge in [0.15, 0.2) is 0 Å². The third-order valence-corrected chi connectivity index (χ3v) is 6.39. The highest BCUT2D eigenvalue weighted by atomic mass is 31.2. The summed E-state index contributed by atoms with van der Waals surface area (Å²) < 4.78 is 19.1. The van der Waals surface area contributed by atoms with Crippen LogP contribution < -0.4 is 10.6 Å². The van der Waals surface area contributed by atoms with Crippen molar-refractivity contribution in [2.24, 2.45) is 5.50 Å². The minimum atomic E-state index is -3.88. The van der Waals surface area contributed by atoms with Gasteiger partial charge in [-0.1, -0.05) is 60.7 Å². The lowest BCUT2D eigenvalue weighted by molar-refractivity contribution is -0.154. The number of benzene rings is 2. The Bertz CT molecular complexity index is 897. The summed E-state index contributed by atoms with van der Waals surface area (Å²) >= 11 is 0. The molecule has 0 aromatic heterocycles. The molecule has 0 aliphatic carbocycles. The Morgan fingerprint density at radius 2 is 1.60 bits per heavy atom. The van der Waals surface area contributed by atoms with E-state index in [9.17, 15) is 19.3 Å². The molecule has 8 heteroatoms. The van der Waals surface area contributed by atoms with Crippen molar-refractivity contribution in [3.63, 3.8) is 0 Å². The first-order valence-corrected chi connectivity index (χ1v) is 11.5. The number of carbonyl (C=O) groups excluding carboxylic acids is 1. The molecule has 0 fully saturated rings. The fraction of sp³-hybridized carbons (Fsp3) is 0.364. The lowest BCUT2D eigenvalue weighted by atomic mass is 10.1. The number of carboxylic acids is 1. The maximum absolute atomic E-state index is 13.6. The Balaban J connectivity index is 2.36. The van der Waals surface area contributed by atoms with E-state index in [1.165, 1.54) is 0 Å². The first kappa shape index (κ1) is 23.8. The highest BCUT2D eigenvalue weighted by Crippen LogP contribution is 2.44. The van der Waals surface area contributed by atoms with E-state index in [1.54, 1.807) is 51.1 Å². The number of carbonyl (C=O) groups is 2. The van der Waals surface area contributed by atoms with E-state index in [-0.39, 0.29) is 12.8 Å². The van der Waals surface area contributed by atoms with Gasteiger partial charge in [-0.05, 0) is 38.3 Å². The van der Waals surface area contributed by atoms with Crippen molar-refractivity contribution in [3.05, 3.63) is 71.8 Å². The van der Waals surface area contributed by atoms with Crippen LogP contribution in [-0.4, -0.2) is 28.3 Å². The normalized spacial score (nSPS) is 15.6. The molecule has 2 aromatic rings. The van der Waals surface area contributed by atoms with Crippen LogP contribution in [0, 0.1) is 0 Å². The van der Waals surface area contributed by atoms with Crippen molar-refractivity contribution in [1.29, 1.82) is 0 Å². The minimum absolute atomic E-state index is 0.102. The number of rotatable bonds is 9. The number of esters is 1. The number of aliphatic carboxylic acids is 1. The molecule has 0 saturated heterocycles. The standard InChI is InChI=1S/C22H29N2O5P/c1-22(2,3)29-21(27)19(14-16-10-6-4-7-11-16)30(23,28)24-18(15-20(25)26)17-12-8-5-9-13-17/h4-13,18-19H,14-15H2,1-3H3,(H,25,26)(H3,23,24,28)/t18?,19-,30?/m0/s1. The Morgan fingerprint density at radius 1 is 1.07 bits per heavy atom. The zero-order chi connectivity index (χ0) is 22.4. The maximum atomic E-state index is 13.6. The summed E-state index contributed by atoms with van der Waals surface area (Å²) in [5.74, 6) is -1.76. The van der Waals surface area contributed by atoms with Crippen LogP contribution in [0.15, 0.2) is 60.7 Å². The van der Waals surface area contributed by atoms with Crippen LogP contribution in [0.25, 0.3) is 0 Å². The Hall–Kier alpha value is -2.47. The molecular formula is C22H29N2O5P. The number of ether oxygens (including phenoxy) is 1. The molecule has 0 saturated carbocycles. The van der Waals surface area contributed by atoms with Gasteiger partial charge in [0.05, 0.1) is 6.42 Å². The fourth-order valence-electron chi connectivity index (χ4n) is 3.01. The topological polar surface area (TPSA) is 119 Å². The molecule has 0 heterocycles. The molecular weight excluding hydrogens is 403 g/mol. The Kier molecular flexibility index (Phi) is 7.96. The van der Waals surface area contributed by atoms with Gasteiger partial charge in [-0.25, -0.2) is 5.09 Å². The van der Waals surface area contributed by atoms with E-state index >= 15 is 0 Å². The Labute approximate surface area is 177 Å². The molecule has 0 bridgehead atoms. The molecule has 30 heavy (non-hydrogen) atoms. The van der Waals surface area contributed by atoms with Gasteiger partial charge in [-0.3, -0.25) is 19.7 Å². The van der Waals surface area contributed by atoms with Crippen molar-refractivity contribution >= 4 is 19.4 Å². The lowest BCUT2D eigenvalue weighted by Crippen LogP contribution is -2.39. The minimum Gasteiger partial charge on any atom is -0.481 e. The summed E-state index contributed by atoms with van der Waals surface area (Å²) in [6, 6.07) is 17.0. The molecule has 7 nitrogen and oxygen atoms in total. The number of hydrogen-bond acceptors (Lipinski definition) is 4. The van der Waals surface area contributed by atoms with Crippen LogP contribution in [0.2, 0.25) is 0 Å². The molecule has 3 atom stereocenters. The highest BCUT2D eigenvalue weighted by Gasteiger charge is 2.40. The molecule has 2 unspecified atom stereocenters. The van der Waals surface area contributed by atoms with E-state index in [0.29, 0.717) is 5.56 Å². The van der Waals surface area contributed by atoms with Crippen LogP contribution in [0.1, 0.15) is 44.4 Å². The second kappa shape index (κ2) is 10.0. The molecule has 0 aliphatic heterocycles. The first-order chi connectivity index (χ1) is 14.0. The zero-order valence-corrected chi connectivity index (χ0v) is 18.3. The van der Waals surface area contributed by atoms with Crippen LogP contribution in [0.5, 0.6) is 0 Å². The van der Waals surface area contributed by atoms with Crippen molar-refractivity contribution in [2.75, 3.05) is 0 Å². The van der Waals surface area contributed by atoms with Crippen LogP contribution >= 0.6 is 7.44 Å². The molecule has 0 aliphatic rings. The first-order valence-electron chi connectivity index (χ1n) is 9.67. The van der Waals surface area contributed by atoms with Gasteiger partial charge >= 0.3 is 11.9 Å². The summed E-state index contributed by atoms with van der Waals surface area (Å²) in [7, 11) is -3.88. The molecule has 0 spiro atoms. The monoisotopic (exact) mass is 432 g/mol. The zero-order valence-electron chi connectivity index (χ0n) is 17.4. The van der Waals surface area contributed by atoms with Crippen molar-refractivity contribution in [3.8, 4) is 0 Å². The van der Waals surface area contributed by atoms with Gasteiger partial charge in [-0.15, -0.1) is 0 Å². The molecule has 162 valence electrons. The van der Waals surface area contributed by atoms with Crippen LogP contribution in [0.4, 0.5) is 0 Å². The largest absolute Gasteiger partial charge is 0.481 e. The number of nitrogens with two attached hydrogens (primary N) is 1. The van der Waals surface area contributed by atoms with Gasteiger partial charge in [0.25, 0.3) is 0 Å². The molecule has 4 N–H and O–H groups in total. The average Bonchev–Trinajstić information content (AvgIpc) is 2.65. The summed E-state index contributed by atoms with van der Waals surface area (Å²) in [5.41, 5.74) is 5.63. The predicted octanol–water partition coefficient (Wildman–Crippen LogP) is 3.90.